The number of rotatable bonds is 9. The van der Waals surface area contributed by atoms with Crippen LogP contribution in [0.15, 0.2) is 73.1 Å². The van der Waals surface area contributed by atoms with Crippen molar-refractivity contribution in [2.45, 2.75) is 69.2 Å². The van der Waals surface area contributed by atoms with Crippen LogP contribution in [0.4, 0.5) is 17.5 Å². The number of primary amides is 1. The van der Waals surface area contributed by atoms with Gasteiger partial charge in [-0.3, -0.25) is 29.4 Å². The van der Waals surface area contributed by atoms with E-state index in [2.05, 4.69) is 65.7 Å². The van der Waals surface area contributed by atoms with Gasteiger partial charge in [0.25, 0.3) is 11.8 Å². The lowest BCUT2D eigenvalue weighted by molar-refractivity contribution is -0.136. The number of piperidine rings is 3. The Morgan fingerprint density at radius 3 is 2.43 bits per heavy atom. The maximum Gasteiger partial charge on any atom is 0.267 e. The number of carbonyl (C=O) groups excluding carboxylic acids is 4. The first kappa shape index (κ1) is 35.3. The van der Waals surface area contributed by atoms with Gasteiger partial charge < -0.3 is 26.0 Å². The third-order valence-electron chi connectivity index (χ3n) is 11.4. The molecule has 0 spiro atoms. The van der Waals surface area contributed by atoms with Crippen LogP contribution in [0.5, 0.6) is 0 Å². The molecular weight excluding hydrogens is 686 g/mol. The number of aromatic nitrogens is 3. The average molecular weight is 730 g/mol. The average Bonchev–Trinajstić information content (AvgIpc) is 3.51. The largest absolute Gasteiger partial charge is 0.385 e. The number of anilines is 3. The number of pyridine rings is 1. The van der Waals surface area contributed by atoms with E-state index in [-0.39, 0.29) is 29.9 Å². The second-order valence-corrected chi connectivity index (χ2v) is 14.7. The van der Waals surface area contributed by atoms with E-state index in [9.17, 15) is 24.3 Å². The monoisotopic (exact) mass is 729 g/mol. The van der Waals surface area contributed by atoms with Gasteiger partial charge in [0.05, 0.1) is 5.60 Å². The van der Waals surface area contributed by atoms with E-state index in [4.69, 9.17) is 5.73 Å². The van der Waals surface area contributed by atoms with Crippen LogP contribution in [0, 0.1) is 0 Å². The van der Waals surface area contributed by atoms with Gasteiger partial charge in [-0.1, -0.05) is 30.3 Å². The van der Waals surface area contributed by atoms with E-state index in [0.717, 1.165) is 56.7 Å². The molecular formula is C40H43N9O5. The van der Waals surface area contributed by atoms with Crippen molar-refractivity contribution in [3.63, 3.8) is 0 Å². The Bertz CT molecular complexity index is 2070. The zero-order chi connectivity index (χ0) is 37.4. The summed E-state index contributed by atoms with van der Waals surface area (Å²) in [5.74, 6) is -0.273. The molecule has 4 aliphatic rings. The molecule has 4 amide bonds. The summed E-state index contributed by atoms with van der Waals surface area (Å²) in [7, 11) is 0. The summed E-state index contributed by atoms with van der Waals surface area (Å²) in [4.78, 5) is 67.7. The van der Waals surface area contributed by atoms with Gasteiger partial charge >= 0.3 is 0 Å². The Morgan fingerprint density at radius 2 is 1.72 bits per heavy atom. The molecule has 1 unspecified atom stereocenters. The summed E-state index contributed by atoms with van der Waals surface area (Å²) >= 11 is 0. The summed E-state index contributed by atoms with van der Waals surface area (Å²) in [6.45, 7) is 4.49. The zero-order valence-corrected chi connectivity index (χ0v) is 29.9. The van der Waals surface area contributed by atoms with E-state index in [0.29, 0.717) is 43.1 Å². The molecule has 6 heterocycles. The number of nitrogens with one attached hydrogen (secondary N) is 2. The number of nitrogens with two attached hydrogens (primary N) is 1. The van der Waals surface area contributed by atoms with Gasteiger partial charge in [0.2, 0.25) is 17.8 Å². The van der Waals surface area contributed by atoms with Crippen LogP contribution >= 0.6 is 0 Å². The normalized spacial score (nSPS) is 20.5. The first-order valence-corrected chi connectivity index (χ1v) is 18.5. The lowest BCUT2D eigenvalue weighted by atomic mass is 9.83. The fourth-order valence-electron chi connectivity index (χ4n) is 8.17. The molecule has 2 aromatic carbocycles. The summed E-state index contributed by atoms with van der Waals surface area (Å²) < 4.78 is 0. The molecule has 0 bridgehead atoms. The number of benzene rings is 2. The van der Waals surface area contributed by atoms with Crippen LogP contribution in [0.1, 0.15) is 87.5 Å². The second-order valence-electron chi connectivity index (χ2n) is 14.7. The predicted molar refractivity (Wildman–Crippen MR) is 200 cm³/mol. The quantitative estimate of drug-likeness (QED) is 0.185. The fourth-order valence-corrected chi connectivity index (χ4v) is 8.17. The zero-order valence-electron chi connectivity index (χ0n) is 29.9. The van der Waals surface area contributed by atoms with Crippen molar-refractivity contribution in [1.82, 2.24) is 30.1 Å². The molecule has 14 heteroatoms. The molecule has 14 nitrogen and oxygen atoms in total. The van der Waals surface area contributed by atoms with Gasteiger partial charge in [0, 0.05) is 69.3 Å². The van der Waals surface area contributed by atoms with Crippen LogP contribution < -0.4 is 21.3 Å². The minimum Gasteiger partial charge on any atom is -0.385 e. The van der Waals surface area contributed by atoms with Gasteiger partial charge in [-0.15, -0.1) is 0 Å². The maximum atomic E-state index is 13.1. The molecule has 1 atom stereocenters. The number of hydrogen-bond acceptors (Lipinski definition) is 11. The number of aliphatic hydroxyl groups is 1. The SMILES string of the molecule is NC(=O)c1ccnc(Nc2ccc(C3CCN(c4ccc(CN5CCC(O)(c6ccc7c(c6)CN(C6CCC(=O)NC6=O)C7=O)CC5)cc4)CC3)cn2)n1. The van der Waals surface area contributed by atoms with Crippen LogP contribution in [-0.2, 0) is 28.3 Å². The number of nitrogens with zero attached hydrogens (tertiary/aromatic N) is 6. The van der Waals surface area contributed by atoms with Crippen molar-refractivity contribution in [2.24, 2.45) is 5.73 Å². The highest BCUT2D eigenvalue weighted by atomic mass is 16.3. The van der Waals surface area contributed by atoms with Gasteiger partial charge in [0.1, 0.15) is 17.6 Å². The molecule has 4 aliphatic heterocycles. The van der Waals surface area contributed by atoms with Gasteiger partial charge in [0.15, 0.2) is 0 Å². The Hall–Kier alpha value is -5.73. The minimum absolute atomic E-state index is 0.139. The van der Waals surface area contributed by atoms with E-state index in [1.54, 1.807) is 11.0 Å². The number of carbonyl (C=O) groups is 4. The number of fused-ring (bicyclic) bond motifs is 1. The number of hydrogen-bond donors (Lipinski definition) is 4. The third-order valence-corrected chi connectivity index (χ3v) is 11.4. The standard InChI is InChI=1S/C40H43N9O5/c41-36(51)32-11-16-42-39(44-32)45-34-9-3-27(22-43-34)26-12-17-48(18-13-26)30-5-1-25(2-6-30)23-47-19-14-40(54,15-20-47)29-4-7-31-28(21-29)24-49(38(31)53)33-8-10-35(50)46-37(33)52/h1-7,9,11,16,21-22,26,33,54H,8,10,12-15,17-20,23-24H2,(H2,41,51)(H,46,50,52)(H,42,43,44,45). The van der Waals surface area contributed by atoms with Crippen LogP contribution in [-0.4, -0.2) is 85.7 Å². The van der Waals surface area contributed by atoms with Gasteiger partial charge in [-0.25, -0.2) is 15.0 Å². The highest BCUT2D eigenvalue weighted by Gasteiger charge is 2.41. The summed E-state index contributed by atoms with van der Waals surface area (Å²) in [6, 6.07) is 19.1. The second kappa shape index (κ2) is 14.6. The van der Waals surface area contributed by atoms with Crippen LogP contribution in [0.3, 0.4) is 0 Å². The minimum atomic E-state index is -0.990. The lowest BCUT2D eigenvalue weighted by Crippen LogP contribution is -2.52. The first-order chi connectivity index (χ1) is 26.1. The summed E-state index contributed by atoms with van der Waals surface area (Å²) in [5, 5.41) is 17.1. The van der Waals surface area contributed by atoms with Crippen molar-refractivity contribution >= 4 is 41.1 Å². The first-order valence-electron chi connectivity index (χ1n) is 18.5. The number of imide groups is 1. The molecule has 3 fully saturated rings. The van der Waals surface area contributed by atoms with E-state index in [1.807, 2.05) is 24.4 Å². The Balaban J connectivity index is 0.806. The van der Waals surface area contributed by atoms with Gasteiger partial charge in [-0.2, -0.15) is 0 Å². The molecule has 3 saturated heterocycles. The number of amides is 4. The highest BCUT2D eigenvalue weighted by molar-refractivity contribution is 6.05. The van der Waals surface area contributed by atoms with Gasteiger partial charge in [-0.05, 0) is 90.6 Å². The molecule has 54 heavy (non-hydrogen) atoms. The topological polar surface area (TPSA) is 187 Å². The van der Waals surface area contributed by atoms with E-state index >= 15 is 0 Å². The predicted octanol–water partition coefficient (Wildman–Crippen LogP) is 3.34. The molecule has 0 radical (unpaired) electrons. The lowest BCUT2D eigenvalue weighted by Gasteiger charge is -2.39. The highest BCUT2D eigenvalue weighted by Crippen LogP contribution is 2.37. The maximum absolute atomic E-state index is 13.1. The molecule has 0 aliphatic carbocycles. The van der Waals surface area contributed by atoms with Crippen molar-refractivity contribution in [1.29, 1.82) is 0 Å². The third kappa shape index (κ3) is 7.26. The molecule has 5 N–H and O–H groups in total. The number of likely N-dealkylation sites (tertiary alicyclic amines) is 1. The molecule has 8 rings (SSSR count). The Kier molecular flexibility index (Phi) is 9.54. The van der Waals surface area contributed by atoms with Crippen molar-refractivity contribution < 1.29 is 24.3 Å². The summed E-state index contributed by atoms with van der Waals surface area (Å²) in [5.41, 5.74) is 10.3. The van der Waals surface area contributed by atoms with Crippen LogP contribution in [0.2, 0.25) is 0 Å². The van der Waals surface area contributed by atoms with E-state index < -0.39 is 23.5 Å². The Labute approximate surface area is 312 Å². The molecule has 2 aromatic heterocycles. The molecule has 4 aromatic rings. The van der Waals surface area contributed by atoms with Crippen LogP contribution in [0.25, 0.3) is 0 Å². The van der Waals surface area contributed by atoms with Crippen molar-refractivity contribution in [3.8, 4) is 0 Å². The molecule has 0 saturated carbocycles. The van der Waals surface area contributed by atoms with Crippen molar-refractivity contribution in [3.05, 3.63) is 107 Å². The fraction of sp³-hybridized carbons (Fsp3) is 0.375. The summed E-state index contributed by atoms with van der Waals surface area (Å²) in [6.07, 6.45) is 7.12. The smallest absolute Gasteiger partial charge is 0.267 e. The van der Waals surface area contributed by atoms with Crippen molar-refractivity contribution in [2.75, 3.05) is 36.4 Å². The molecule has 278 valence electrons. The van der Waals surface area contributed by atoms with E-state index in [1.165, 1.54) is 29.1 Å². The Morgan fingerprint density at radius 1 is 0.944 bits per heavy atom.